The first-order valence-electron chi connectivity index (χ1n) is 4.78. The maximum absolute atomic E-state index is 11.7. The molecular weight excluding hydrogens is 252 g/mol. The number of anilines is 1. The summed E-state index contributed by atoms with van der Waals surface area (Å²) >= 11 is 0.841. The van der Waals surface area contributed by atoms with E-state index in [1.54, 1.807) is 0 Å². The van der Waals surface area contributed by atoms with E-state index in [4.69, 9.17) is 10.5 Å². The average Bonchev–Trinajstić information content (AvgIpc) is 2.85. The van der Waals surface area contributed by atoms with Gasteiger partial charge in [-0.05, 0) is 12.8 Å². The highest BCUT2D eigenvalue weighted by Gasteiger charge is 2.23. The highest BCUT2D eigenvalue weighted by molar-refractivity contribution is 7.91. The van der Waals surface area contributed by atoms with Crippen LogP contribution in [0.4, 0.5) is 5.13 Å². The minimum atomic E-state index is -3.59. The van der Waals surface area contributed by atoms with Crippen molar-refractivity contribution in [3.05, 3.63) is 0 Å². The zero-order valence-corrected chi connectivity index (χ0v) is 10.1. The van der Waals surface area contributed by atoms with Crippen molar-refractivity contribution < 1.29 is 13.2 Å². The first kappa shape index (κ1) is 11.7. The molecule has 1 saturated heterocycles. The van der Waals surface area contributed by atoms with Crippen molar-refractivity contribution in [1.82, 2.24) is 14.9 Å². The Morgan fingerprint density at radius 1 is 1.56 bits per heavy atom. The number of aromatic nitrogens is 2. The fourth-order valence-electron chi connectivity index (χ4n) is 1.40. The molecule has 2 heterocycles. The van der Waals surface area contributed by atoms with Crippen LogP contribution in [-0.2, 0) is 14.8 Å². The third kappa shape index (κ3) is 2.67. The first-order valence-corrected chi connectivity index (χ1v) is 7.08. The topological polar surface area (TPSA) is 107 Å². The van der Waals surface area contributed by atoms with Gasteiger partial charge in [0.15, 0.2) is 0 Å². The van der Waals surface area contributed by atoms with Crippen molar-refractivity contribution in [3.8, 4) is 0 Å². The maximum Gasteiger partial charge on any atom is 0.269 e. The van der Waals surface area contributed by atoms with Crippen LogP contribution in [-0.4, -0.2) is 37.9 Å². The fraction of sp³-hybridized carbons (Fsp3) is 0.714. The van der Waals surface area contributed by atoms with E-state index in [2.05, 4.69) is 14.9 Å². The van der Waals surface area contributed by atoms with Crippen molar-refractivity contribution in [2.75, 3.05) is 18.9 Å². The zero-order valence-electron chi connectivity index (χ0n) is 8.42. The van der Waals surface area contributed by atoms with Gasteiger partial charge in [0, 0.05) is 13.2 Å². The molecule has 0 aliphatic carbocycles. The maximum atomic E-state index is 11.7. The Hall–Kier alpha value is -0.770. The number of sulfonamides is 1. The third-order valence-corrected chi connectivity index (χ3v) is 4.72. The molecule has 3 N–H and O–H groups in total. The molecule has 16 heavy (non-hydrogen) atoms. The summed E-state index contributed by atoms with van der Waals surface area (Å²) < 4.78 is 31.0. The minimum Gasteiger partial charge on any atom is -0.377 e. The molecule has 1 aromatic rings. The second-order valence-corrected chi connectivity index (χ2v) is 6.34. The van der Waals surface area contributed by atoms with E-state index in [0.717, 1.165) is 24.2 Å². The molecule has 0 bridgehead atoms. The van der Waals surface area contributed by atoms with E-state index in [0.29, 0.717) is 6.61 Å². The van der Waals surface area contributed by atoms with E-state index in [9.17, 15) is 8.42 Å². The number of nitrogen functional groups attached to an aromatic ring is 1. The highest BCUT2D eigenvalue weighted by Crippen LogP contribution is 2.17. The second-order valence-electron chi connectivity index (χ2n) is 3.39. The van der Waals surface area contributed by atoms with Crippen molar-refractivity contribution >= 4 is 26.5 Å². The molecule has 2 rings (SSSR count). The van der Waals surface area contributed by atoms with Crippen LogP contribution in [0.15, 0.2) is 4.34 Å². The van der Waals surface area contributed by atoms with E-state index in [1.807, 2.05) is 0 Å². The summed E-state index contributed by atoms with van der Waals surface area (Å²) in [4.78, 5) is 0. The Kier molecular flexibility index (Phi) is 3.38. The molecule has 1 unspecified atom stereocenters. The number of rotatable bonds is 4. The van der Waals surface area contributed by atoms with Crippen molar-refractivity contribution in [2.45, 2.75) is 23.3 Å². The largest absolute Gasteiger partial charge is 0.377 e. The summed E-state index contributed by atoms with van der Waals surface area (Å²) in [5.41, 5.74) is 5.32. The lowest BCUT2D eigenvalue weighted by atomic mass is 10.2. The van der Waals surface area contributed by atoms with Crippen LogP contribution < -0.4 is 10.5 Å². The van der Waals surface area contributed by atoms with Crippen LogP contribution in [0.5, 0.6) is 0 Å². The van der Waals surface area contributed by atoms with Gasteiger partial charge in [0.1, 0.15) is 0 Å². The molecule has 1 fully saturated rings. The SMILES string of the molecule is Nc1nnc(S(=O)(=O)NCC2CCCO2)s1. The summed E-state index contributed by atoms with van der Waals surface area (Å²) in [6.07, 6.45) is 1.80. The predicted molar refractivity (Wildman–Crippen MR) is 58.5 cm³/mol. The van der Waals surface area contributed by atoms with Gasteiger partial charge >= 0.3 is 0 Å². The average molecular weight is 264 g/mol. The van der Waals surface area contributed by atoms with Gasteiger partial charge in [0.25, 0.3) is 10.0 Å². The van der Waals surface area contributed by atoms with E-state index >= 15 is 0 Å². The van der Waals surface area contributed by atoms with Crippen LogP contribution in [0.1, 0.15) is 12.8 Å². The van der Waals surface area contributed by atoms with Gasteiger partial charge in [0.05, 0.1) is 6.10 Å². The number of nitrogens with two attached hydrogens (primary N) is 1. The van der Waals surface area contributed by atoms with Gasteiger partial charge in [-0.1, -0.05) is 11.3 Å². The lowest BCUT2D eigenvalue weighted by molar-refractivity contribution is 0.114. The summed E-state index contributed by atoms with van der Waals surface area (Å²) in [6, 6.07) is 0. The molecule has 0 aromatic carbocycles. The molecule has 1 aromatic heterocycles. The molecule has 0 radical (unpaired) electrons. The Morgan fingerprint density at radius 2 is 2.38 bits per heavy atom. The normalized spacial score (nSPS) is 21.4. The molecule has 90 valence electrons. The summed E-state index contributed by atoms with van der Waals surface area (Å²) in [5, 5.41) is 7.08. The smallest absolute Gasteiger partial charge is 0.269 e. The molecule has 1 aliphatic heterocycles. The molecule has 1 aliphatic rings. The Balaban J connectivity index is 1.97. The van der Waals surface area contributed by atoms with Gasteiger partial charge in [-0.25, -0.2) is 13.1 Å². The van der Waals surface area contributed by atoms with Gasteiger partial charge in [-0.15, -0.1) is 10.2 Å². The van der Waals surface area contributed by atoms with Crippen LogP contribution in [0.25, 0.3) is 0 Å². The van der Waals surface area contributed by atoms with Crippen LogP contribution >= 0.6 is 11.3 Å². The molecule has 0 amide bonds. The van der Waals surface area contributed by atoms with E-state index in [-0.39, 0.29) is 22.1 Å². The lowest BCUT2D eigenvalue weighted by Crippen LogP contribution is -2.31. The molecule has 0 spiro atoms. The third-order valence-electron chi connectivity index (χ3n) is 2.18. The fourth-order valence-corrected chi connectivity index (χ4v) is 3.29. The van der Waals surface area contributed by atoms with Crippen LogP contribution in [0.2, 0.25) is 0 Å². The van der Waals surface area contributed by atoms with Crippen molar-refractivity contribution in [2.24, 2.45) is 0 Å². The Bertz CT molecular complexity index is 452. The predicted octanol–water partition coefficient (Wildman–Crippen LogP) is -0.422. The number of nitrogens with zero attached hydrogens (tertiary/aromatic N) is 2. The van der Waals surface area contributed by atoms with Gasteiger partial charge in [-0.3, -0.25) is 0 Å². The number of ether oxygens (including phenoxy) is 1. The number of nitrogens with one attached hydrogen (secondary N) is 1. The highest BCUT2D eigenvalue weighted by atomic mass is 32.2. The van der Waals surface area contributed by atoms with Gasteiger partial charge in [-0.2, -0.15) is 0 Å². The van der Waals surface area contributed by atoms with Gasteiger partial charge in [0.2, 0.25) is 9.47 Å². The van der Waals surface area contributed by atoms with Crippen LogP contribution in [0.3, 0.4) is 0 Å². The number of hydrogen-bond donors (Lipinski definition) is 2. The van der Waals surface area contributed by atoms with Crippen molar-refractivity contribution in [3.63, 3.8) is 0 Å². The summed E-state index contributed by atoms with van der Waals surface area (Å²) in [6.45, 7) is 0.958. The van der Waals surface area contributed by atoms with Crippen LogP contribution in [0, 0.1) is 0 Å². The Labute approximate surface area is 97.1 Å². The summed E-state index contributed by atoms with van der Waals surface area (Å²) in [5.74, 6) is 0. The molecule has 7 nitrogen and oxygen atoms in total. The lowest BCUT2D eigenvalue weighted by Gasteiger charge is -2.09. The molecule has 0 saturated carbocycles. The first-order chi connectivity index (χ1) is 7.58. The molecule has 9 heteroatoms. The standard InChI is InChI=1S/C7H12N4O3S2/c8-6-10-11-7(15-6)16(12,13)9-4-5-2-1-3-14-5/h5,9H,1-4H2,(H2,8,10). The minimum absolute atomic E-state index is 0.0416. The Morgan fingerprint density at radius 3 is 2.94 bits per heavy atom. The van der Waals surface area contributed by atoms with E-state index in [1.165, 1.54) is 0 Å². The molecular formula is C7H12N4O3S2. The monoisotopic (exact) mass is 264 g/mol. The van der Waals surface area contributed by atoms with Gasteiger partial charge < -0.3 is 10.5 Å². The quantitative estimate of drug-likeness (QED) is 0.764. The molecule has 1 atom stereocenters. The summed E-state index contributed by atoms with van der Waals surface area (Å²) in [7, 11) is -3.59. The number of hydrogen-bond acceptors (Lipinski definition) is 7. The van der Waals surface area contributed by atoms with E-state index < -0.39 is 10.0 Å². The van der Waals surface area contributed by atoms with Crippen molar-refractivity contribution in [1.29, 1.82) is 0 Å². The second kappa shape index (κ2) is 4.62. The zero-order chi connectivity index (χ0) is 11.6.